The van der Waals surface area contributed by atoms with E-state index in [1.807, 2.05) is 27.8 Å². The van der Waals surface area contributed by atoms with Gasteiger partial charge in [0.2, 0.25) is 5.28 Å². The monoisotopic (exact) mass is 297 g/mol. The second-order valence-electron chi connectivity index (χ2n) is 6.04. The molecule has 0 saturated carbocycles. The standard InChI is InChI=1S/C14H20ClN3O2/c1-14(2,3)20-11(19)8-18(4)12-9-6-5-7-10(9)16-13(15)17-12/h5-8H2,1-4H3. The molecule has 0 spiro atoms. The zero-order chi connectivity index (χ0) is 14.9. The van der Waals surface area contributed by atoms with Crippen molar-refractivity contribution in [1.82, 2.24) is 9.97 Å². The van der Waals surface area contributed by atoms with Crippen LogP contribution in [-0.2, 0) is 22.4 Å². The SMILES string of the molecule is CN(CC(=O)OC(C)(C)C)c1nc(Cl)nc2c1CCC2. The molecule has 0 radical (unpaired) electrons. The summed E-state index contributed by atoms with van der Waals surface area (Å²) in [5.74, 6) is 0.463. The van der Waals surface area contributed by atoms with E-state index < -0.39 is 5.60 Å². The van der Waals surface area contributed by atoms with E-state index in [-0.39, 0.29) is 17.8 Å². The van der Waals surface area contributed by atoms with Crippen molar-refractivity contribution in [1.29, 1.82) is 0 Å². The minimum Gasteiger partial charge on any atom is -0.459 e. The summed E-state index contributed by atoms with van der Waals surface area (Å²) in [6.07, 6.45) is 2.91. The number of carbonyl (C=O) groups excluding carboxylic acids is 1. The average Bonchev–Trinajstić information content (AvgIpc) is 2.72. The second kappa shape index (κ2) is 5.56. The molecule has 1 heterocycles. The van der Waals surface area contributed by atoms with Gasteiger partial charge in [-0.15, -0.1) is 0 Å². The van der Waals surface area contributed by atoms with Crippen LogP contribution in [0, 0.1) is 0 Å². The number of carbonyl (C=O) groups is 1. The summed E-state index contributed by atoms with van der Waals surface area (Å²) in [4.78, 5) is 22.2. The number of aryl methyl sites for hydroxylation is 1. The van der Waals surface area contributed by atoms with Crippen molar-refractivity contribution in [3.63, 3.8) is 0 Å². The summed E-state index contributed by atoms with van der Waals surface area (Å²) in [5.41, 5.74) is 1.61. The van der Waals surface area contributed by atoms with Gasteiger partial charge in [-0.2, -0.15) is 0 Å². The highest BCUT2D eigenvalue weighted by Gasteiger charge is 2.23. The molecule has 0 atom stereocenters. The van der Waals surface area contributed by atoms with Gasteiger partial charge in [0, 0.05) is 12.6 Å². The topological polar surface area (TPSA) is 55.3 Å². The number of rotatable bonds is 3. The van der Waals surface area contributed by atoms with Crippen molar-refractivity contribution in [2.24, 2.45) is 0 Å². The van der Waals surface area contributed by atoms with E-state index in [2.05, 4.69) is 9.97 Å². The molecule has 0 bridgehead atoms. The Morgan fingerprint density at radius 1 is 1.35 bits per heavy atom. The maximum atomic E-state index is 11.9. The molecule has 5 nitrogen and oxygen atoms in total. The van der Waals surface area contributed by atoms with Gasteiger partial charge in [0.25, 0.3) is 0 Å². The van der Waals surface area contributed by atoms with Gasteiger partial charge in [0.1, 0.15) is 18.0 Å². The van der Waals surface area contributed by atoms with Gasteiger partial charge in [-0.3, -0.25) is 4.79 Å². The molecule has 0 fully saturated rings. The Bertz CT molecular complexity index is 526. The number of hydrogen-bond donors (Lipinski definition) is 0. The normalized spacial score (nSPS) is 14.1. The molecule has 0 N–H and O–H groups in total. The molecule has 0 saturated heterocycles. The first-order chi connectivity index (χ1) is 9.26. The molecule has 0 unspecified atom stereocenters. The lowest BCUT2D eigenvalue weighted by Gasteiger charge is -2.24. The van der Waals surface area contributed by atoms with Crippen molar-refractivity contribution in [3.8, 4) is 0 Å². The van der Waals surface area contributed by atoms with Crippen LogP contribution in [0.15, 0.2) is 0 Å². The molecule has 0 aromatic carbocycles. The van der Waals surface area contributed by atoms with E-state index in [0.29, 0.717) is 0 Å². The quantitative estimate of drug-likeness (QED) is 0.633. The Hall–Kier alpha value is -1.36. The molecule has 0 aliphatic heterocycles. The summed E-state index contributed by atoms with van der Waals surface area (Å²) in [7, 11) is 1.82. The smallest absolute Gasteiger partial charge is 0.326 e. The largest absolute Gasteiger partial charge is 0.459 e. The average molecular weight is 298 g/mol. The first-order valence-electron chi connectivity index (χ1n) is 6.74. The van der Waals surface area contributed by atoms with E-state index >= 15 is 0 Å². The fourth-order valence-electron chi connectivity index (χ4n) is 2.34. The van der Waals surface area contributed by atoms with E-state index in [9.17, 15) is 4.79 Å². The molecule has 6 heteroatoms. The number of aromatic nitrogens is 2. The van der Waals surface area contributed by atoms with Crippen molar-refractivity contribution in [3.05, 3.63) is 16.5 Å². The lowest BCUT2D eigenvalue weighted by atomic mass is 10.2. The molecule has 1 aliphatic carbocycles. The van der Waals surface area contributed by atoms with Crippen LogP contribution in [0.25, 0.3) is 0 Å². The summed E-state index contributed by atoms with van der Waals surface area (Å²) >= 11 is 5.95. The first kappa shape index (κ1) is 15.0. The Morgan fingerprint density at radius 2 is 2.05 bits per heavy atom. The fraction of sp³-hybridized carbons (Fsp3) is 0.643. The molecule has 0 amide bonds. The molecular formula is C14H20ClN3O2. The first-order valence-corrected chi connectivity index (χ1v) is 7.12. The van der Waals surface area contributed by atoms with Gasteiger partial charge < -0.3 is 9.64 Å². The van der Waals surface area contributed by atoms with Gasteiger partial charge in [-0.1, -0.05) is 0 Å². The van der Waals surface area contributed by atoms with Crippen molar-refractivity contribution in [2.75, 3.05) is 18.5 Å². The highest BCUT2D eigenvalue weighted by molar-refractivity contribution is 6.28. The second-order valence-corrected chi connectivity index (χ2v) is 6.38. The zero-order valence-corrected chi connectivity index (χ0v) is 13.1. The Balaban J connectivity index is 2.14. The van der Waals surface area contributed by atoms with Crippen LogP contribution >= 0.6 is 11.6 Å². The lowest BCUT2D eigenvalue weighted by molar-refractivity contribution is -0.152. The van der Waals surface area contributed by atoms with Crippen LogP contribution < -0.4 is 4.90 Å². The van der Waals surface area contributed by atoms with Crippen LogP contribution in [0.3, 0.4) is 0 Å². The van der Waals surface area contributed by atoms with E-state index in [0.717, 1.165) is 36.3 Å². The van der Waals surface area contributed by atoms with Gasteiger partial charge >= 0.3 is 5.97 Å². The molecule has 20 heavy (non-hydrogen) atoms. The predicted molar refractivity (Wildman–Crippen MR) is 78.2 cm³/mol. The molecule has 2 rings (SSSR count). The number of halogens is 1. The molecule has 1 aromatic heterocycles. The summed E-state index contributed by atoms with van der Waals surface area (Å²) in [6.45, 7) is 5.70. The Labute approximate surface area is 124 Å². The van der Waals surface area contributed by atoms with Gasteiger partial charge in [0.15, 0.2) is 0 Å². The van der Waals surface area contributed by atoms with Crippen LogP contribution in [0.4, 0.5) is 5.82 Å². The summed E-state index contributed by atoms with van der Waals surface area (Å²) in [6, 6.07) is 0. The summed E-state index contributed by atoms with van der Waals surface area (Å²) in [5, 5.41) is 0.233. The third kappa shape index (κ3) is 3.60. The number of ether oxygens (including phenoxy) is 1. The molecular weight excluding hydrogens is 278 g/mol. The third-order valence-corrected chi connectivity index (χ3v) is 3.20. The van der Waals surface area contributed by atoms with Gasteiger partial charge in [-0.05, 0) is 51.6 Å². The number of likely N-dealkylation sites (N-methyl/N-ethyl adjacent to an activating group) is 1. The third-order valence-electron chi connectivity index (χ3n) is 3.03. The van der Waals surface area contributed by atoms with Crippen LogP contribution in [0.2, 0.25) is 5.28 Å². The maximum absolute atomic E-state index is 11.9. The number of anilines is 1. The van der Waals surface area contributed by atoms with Crippen LogP contribution in [0.1, 0.15) is 38.4 Å². The minimum atomic E-state index is -0.483. The Kier molecular flexibility index (Phi) is 4.18. The fourth-order valence-corrected chi connectivity index (χ4v) is 2.52. The minimum absolute atomic E-state index is 0.150. The molecule has 1 aliphatic rings. The van der Waals surface area contributed by atoms with E-state index in [4.69, 9.17) is 16.3 Å². The highest BCUT2D eigenvalue weighted by atomic mass is 35.5. The zero-order valence-electron chi connectivity index (χ0n) is 12.4. The Morgan fingerprint density at radius 3 is 2.70 bits per heavy atom. The molecule has 1 aromatic rings. The number of nitrogens with zero attached hydrogens (tertiary/aromatic N) is 3. The van der Waals surface area contributed by atoms with E-state index in [1.54, 1.807) is 4.90 Å². The number of hydrogen-bond acceptors (Lipinski definition) is 5. The van der Waals surface area contributed by atoms with Crippen LogP contribution in [0.5, 0.6) is 0 Å². The number of esters is 1. The highest BCUT2D eigenvalue weighted by Crippen LogP contribution is 2.29. The summed E-state index contributed by atoms with van der Waals surface area (Å²) < 4.78 is 5.32. The number of fused-ring (bicyclic) bond motifs is 1. The van der Waals surface area contributed by atoms with Gasteiger partial charge in [0.05, 0.1) is 5.69 Å². The van der Waals surface area contributed by atoms with E-state index in [1.165, 1.54) is 0 Å². The van der Waals surface area contributed by atoms with Crippen molar-refractivity contribution in [2.45, 2.75) is 45.6 Å². The predicted octanol–water partition coefficient (Wildman–Crippen LogP) is 2.40. The lowest BCUT2D eigenvalue weighted by Crippen LogP contribution is -2.33. The van der Waals surface area contributed by atoms with Gasteiger partial charge in [-0.25, -0.2) is 9.97 Å². The van der Waals surface area contributed by atoms with Crippen molar-refractivity contribution >= 4 is 23.4 Å². The van der Waals surface area contributed by atoms with Crippen LogP contribution in [-0.4, -0.2) is 35.1 Å². The van der Waals surface area contributed by atoms with Crippen molar-refractivity contribution < 1.29 is 9.53 Å². The maximum Gasteiger partial charge on any atom is 0.326 e. The molecule has 110 valence electrons.